The minimum atomic E-state index is -0.406. The van der Waals surface area contributed by atoms with Gasteiger partial charge in [-0.3, -0.25) is 9.59 Å². The number of halogens is 2. The number of Topliss-reactive ketones (excluding diaryl/α,β-unsaturated/α-hetero) is 1. The largest absolute Gasteiger partial charge is 0.298 e. The van der Waals surface area contributed by atoms with Crippen molar-refractivity contribution in [3.63, 3.8) is 0 Å². The highest BCUT2D eigenvalue weighted by atomic mass is 79.9. The fourth-order valence-corrected chi connectivity index (χ4v) is 2.22. The summed E-state index contributed by atoms with van der Waals surface area (Å²) in [5.41, 5.74) is 2.22. The van der Waals surface area contributed by atoms with E-state index in [1.165, 1.54) is 6.92 Å². The lowest BCUT2D eigenvalue weighted by molar-refractivity contribution is -0.116. The van der Waals surface area contributed by atoms with Crippen molar-refractivity contribution in [1.29, 1.82) is 0 Å². The summed E-state index contributed by atoms with van der Waals surface area (Å²) < 4.78 is 0. The summed E-state index contributed by atoms with van der Waals surface area (Å²) in [6.45, 7) is 1.49. The summed E-state index contributed by atoms with van der Waals surface area (Å²) in [7, 11) is 0. The van der Waals surface area contributed by atoms with E-state index >= 15 is 0 Å². The average Bonchev–Trinajstić information content (AvgIpc) is 2.26. The Labute approximate surface area is 105 Å². The topological polar surface area (TPSA) is 34.1 Å². The maximum Gasteiger partial charge on any atom is 0.150 e. The van der Waals surface area contributed by atoms with Crippen LogP contribution in [0.15, 0.2) is 18.2 Å². The van der Waals surface area contributed by atoms with Gasteiger partial charge in [-0.2, -0.15) is 0 Å². The van der Waals surface area contributed by atoms with Gasteiger partial charge in [0.15, 0.2) is 6.29 Å². The van der Waals surface area contributed by atoms with Crippen LogP contribution in [0.5, 0.6) is 0 Å². The van der Waals surface area contributed by atoms with Crippen LogP contribution >= 0.6 is 31.9 Å². The van der Waals surface area contributed by atoms with Gasteiger partial charge >= 0.3 is 0 Å². The summed E-state index contributed by atoms with van der Waals surface area (Å²) >= 11 is 6.59. The van der Waals surface area contributed by atoms with Gasteiger partial charge in [0.05, 0.1) is 4.83 Å². The van der Waals surface area contributed by atoms with Crippen LogP contribution in [0.4, 0.5) is 0 Å². The van der Waals surface area contributed by atoms with E-state index in [1.807, 2.05) is 12.1 Å². The fraction of sp³-hybridized carbons (Fsp3) is 0.273. The minimum Gasteiger partial charge on any atom is -0.298 e. The lowest BCUT2D eigenvalue weighted by atomic mass is 9.99. The number of hydrogen-bond acceptors (Lipinski definition) is 2. The third kappa shape index (κ3) is 2.75. The zero-order valence-electron chi connectivity index (χ0n) is 8.17. The SMILES string of the molecule is CC(=O)C(Br)c1cccc(CBr)c1C=O. The Morgan fingerprint density at radius 2 is 2.20 bits per heavy atom. The number of hydrogen-bond donors (Lipinski definition) is 0. The first-order valence-corrected chi connectivity index (χ1v) is 6.43. The zero-order valence-corrected chi connectivity index (χ0v) is 11.3. The molecule has 0 amide bonds. The van der Waals surface area contributed by atoms with Crippen LogP contribution in [-0.4, -0.2) is 12.1 Å². The highest BCUT2D eigenvalue weighted by Crippen LogP contribution is 2.28. The molecule has 0 radical (unpaired) electrons. The normalized spacial score (nSPS) is 12.2. The molecule has 0 saturated heterocycles. The van der Waals surface area contributed by atoms with E-state index in [0.717, 1.165) is 17.4 Å². The van der Waals surface area contributed by atoms with Crippen molar-refractivity contribution in [2.24, 2.45) is 0 Å². The van der Waals surface area contributed by atoms with Crippen molar-refractivity contribution in [3.8, 4) is 0 Å². The number of alkyl halides is 2. The predicted molar refractivity (Wildman–Crippen MR) is 66.8 cm³/mol. The van der Waals surface area contributed by atoms with Crippen LogP contribution in [0.25, 0.3) is 0 Å². The molecule has 2 nitrogen and oxygen atoms in total. The van der Waals surface area contributed by atoms with E-state index in [9.17, 15) is 9.59 Å². The third-order valence-electron chi connectivity index (χ3n) is 2.12. The Kier molecular flexibility index (Phi) is 4.67. The monoisotopic (exact) mass is 332 g/mol. The second-order valence-corrected chi connectivity index (χ2v) is 4.62. The molecule has 0 aliphatic carbocycles. The quantitative estimate of drug-likeness (QED) is 0.625. The fourth-order valence-electron chi connectivity index (χ4n) is 1.33. The first kappa shape index (κ1) is 12.6. The molecule has 1 aromatic carbocycles. The molecule has 0 fully saturated rings. The van der Waals surface area contributed by atoms with Gasteiger partial charge in [0.25, 0.3) is 0 Å². The Bertz CT molecular complexity index is 388. The highest BCUT2D eigenvalue weighted by Gasteiger charge is 2.17. The van der Waals surface area contributed by atoms with Crippen LogP contribution in [0, 0.1) is 0 Å². The molecule has 0 spiro atoms. The second kappa shape index (κ2) is 5.56. The van der Waals surface area contributed by atoms with Gasteiger partial charge in [0.1, 0.15) is 5.78 Å². The number of ketones is 1. The molecule has 1 aromatic rings. The van der Waals surface area contributed by atoms with E-state index in [2.05, 4.69) is 31.9 Å². The first-order valence-electron chi connectivity index (χ1n) is 4.39. The third-order valence-corrected chi connectivity index (χ3v) is 3.86. The van der Waals surface area contributed by atoms with Crippen molar-refractivity contribution < 1.29 is 9.59 Å². The number of rotatable bonds is 4. The van der Waals surface area contributed by atoms with Crippen LogP contribution in [0.1, 0.15) is 33.2 Å². The van der Waals surface area contributed by atoms with Gasteiger partial charge in [-0.25, -0.2) is 0 Å². The molecule has 0 aliphatic heterocycles. The number of carbonyl (C=O) groups excluding carboxylic acids is 2. The Morgan fingerprint density at radius 3 is 2.67 bits per heavy atom. The lowest BCUT2D eigenvalue weighted by Crippen LogP contribution is -2.06. The lowest BCUT2D eigenvalue weighted by Gasteiger charge is -2.11. The Balaban J connectivity index is 3.28. The smallest absolute Gasteiger partial charge is 0.150 e. The molecule has 1 atom stereocenters. The highest BCUT2D eigenvalue weighted by molar-refractivity contribution is 9.09. The molecular formula is C11H10Br2O2. The second-order valence-electron chi connectivity index (χ2n) is 3.14. The van der Waals surface area contributed by atoms with Crippen LogP contribution in [0.3, 0.4) is 0 Å². The summed E-state index contributed by atoms with van der Waals surface area (Å²) in [6.07, 6.45) is 0.795. The van der Waals surface area contributed by atoms with Gasteiger partial charge in [-0.1, -0.05) is 50.1 Å². The van der Waals surface area contributed by atoms with Crippen molar-refractivity contribution in [3.05, 3.63) is 34.9 Å². The average molecular weight is 334 g/mol. The van der Waals surface area contributed by atoms with Crippen molar-refractivity contribution in [2.75, 3.05) is 0 Å². The molecule has 4 heteroatoms. The molecule has 15 heavy (non-hydrogen) atoms. The van der Waals surface area contributed by atoms with Gasteiger partial charge in [0, 0.05) is 10.9 Å². The van der Waals surface area contributed by atoms with Crippen molar-refractivity contribution in [1.82, 2.24) is 0 Å². The number of carbonyl (C=O) groups is 2. The van der Waals surface area contributed by atoms with Gasteiger partial charge in [-0.05, 0) is 18.1 Å². The molecule has 0 aromatic heterocycles. The van der Waals surface area contributed by atoms with E-state index in [0.29, 0.717) is 10.9 Å². The van der Waals surface area contributed by atoms with Crippen molar-refractivity contribution >= 4 is 43.9 Å². The van der Waals surface area contributed by atoms with Gasteiger partial charge in [0.2, 0.25) is 0 Å². The van der Waals surface area contributed by atoms with E-state index in [1.54, 1.807) is 6.07 Å². The zero-order chi connectivity index (χ0) is 11.4. The molecule has 0 bridgehead atoms. The Morgan fingerprint density at radius 1 is 1.53 bits per heavy atom. The summed E-state index contributed by atoms with van der Waals surface area (Å²) in [5.74, 6) is -0.00942. The molecule has 0 aliphatic rings. The van der Waals surface area contributed by atoms with E-state index < -0.39 is 4.83 Å². The molecule has 1 unspecified atom stereocenters. The standard InChI is InChI=1S/C11H10Br2O2/c1-7(15)11(13)9-4-2-3-8(5-12)10(9)6-14/h2-4,6,11H,5H2,1H3. The van der Waals surface area contributed by atoms with E-state index in [4.69, 9.17) is 0 Å². The minimum absolute atomic E-state index is 0.00942. The van der Waals surface area contributed by atoms with Crippen molar-refractivity contribution in [2.45, 2.75) is 17.1 Å². The first-order chi connectivity index (χ1) is 7.11. The molecule has 1 rings (SSSR count). The molecule has 0 saturated carbocycles. The summed E-state index contributed by atoms with van der Waals surface area (Å²) in [5, 5.41) is 0.604. The maximum atomic E-state index is 11.2. The van der Waals surface area contributed by atoms with Crippen LogP contribution in [0.2, 0.25) is 0 Å². The Hall–Kier alpha value is -0.480. The van der Waals surface area contributed by atoms with Gasteiger partial charge < -0.3 is 0 Å². The maximum absolute atomic E-state index is 11.2. The predicted octanol–water partition coefficient (Wildman–Crippen LogP) is 3.42. The number of aldehydes is 1. The molecule has 80 valence electrons. The molecule has 0 N–H and O–H groups in total. The summed E-state index contributed by atoms with van der Waals surface area (Å²) in [4.78, 5) is 21.8. The molecular weight excluding hydrogens is 324 g/mol. The van der Waals surface area contributed by atoms with Crippen LogP contribution < -0.4 is 0 Å². The van der Waals surface area contributed by atoms with E-state index in [-0.39, 0.29) is 5.78 Å². The summed E-state index contributed by atoms with van der Waals surface area (Å²) in [6, 6.07) is 5.49. The number of benzene rings is 1. The van der Waals surface area contributed by atoms with Crippen LogP contribution in [-0.2, 0) is 10.1 Å². The molecule has 0 heterocycles. The van der Waals surface area contributed by atoms with Gasteiger partial charge in [-0.15, -0.1) is 0 Å².